The zero-order chi connectivity index (χ0) is 11.2. The molecule has 0 saturated carbocycles. The van der Waals surface area contributed by atoms with Crippen LogP contribution in [0, 0.1) is 11.8 Å². The third-order valence-corrected chi connectivity index (χ3v) is 1.52. The standard InChI is InChI=1S/C4H6O8S2.Li.H/c5-13(6,7)11-3-1-2-4-12-14(8,9)10;;/h3-4H2,(H,5,6,7)(H,8,9,10);;/q;+1;-1. The third kappa shape index (κ3) is 16.6. The molecule has 0 bridgehead atoms. The molecule has 2 N–H and O–H groups in total. The second kappa shape index (κ2) is 7.22. The van der Waals surface area contributed by atoms with Gasteiger partial charge in [-0.15, -0.1) is 0 Å². The van der Waals surface area contributed by atoms with Crippen molar-refractivity contribution in [2.45, 2.75) is 0 Å². The first-order valence-electron chi connectivity index (χ1n) is 2.90. The maximum atomic E-state index is 9.92. The average Bonchev–Trinajstić information content (AvgIpc) is 1.92. The minimum atomic E-state index is -4.55. The summed E-state index contributed by atoms with van der Waals surface area (Å²) in [6.45, 7) is -1.29. The van der Waals surface area contributed by atoms with Crippen molar-refractivity contribution >= 4 is 20.8 Å². The van der Waals surface area contributed by atoms with E-state index in [0.29, 0.717) is 0 Å². The van der Waals surface area contributed by atoms with Gasteiger partial charge in [0, 0.05) is 0 Å². The molecule has 0 amide bonds. The Morgan fingerprint density at radius 1 is 0.933 bits per heavy atom. The maximum absolute atomic E-state index is 9.92. The normalized spacial score (nSPS) is 11.1. The van der Waals surface area contributed by atoms with Crippen LogP contribution in [0.5, 0.6) is 0 Å². The molecule has 0 aliphatic heterocycles. The Labute approximate surface area is 101 Å². The van der Waals surface area contributed by atoms with E-state index in [1.54, 1.807) is 0 Å². The Balaban J connectivity index is -0.000000845. The molecule has 0 saturated heterocycles. The molecule has 0 spiro atoms. The third-order valence-electron chi connectivity index (χ3n) is 0.685. The number of hydrogen-bond acceptors (Lipinski definition) is 6. The molecule has 0 aromatic heterocycles. The largest absolute Gasteiger partial charge is 1.00 e. The molecule has 0 unspecified atom stereocenters. The van der Waals surface area contributed by atoms with Crippen LogP contribution in [0.3, 0.4) is 0 Å². The van der Waals surface area contributed by atoms with Gasteiger partial charge < -0.3 is 1.43 Å². The van der Waals surface area contributed by atoms with Gasteiger partial charge in [0.2, 0.25) is 0 Å². The average molecular weight is 254 g/mol. The SMILES string of the molecule is O=S(=O)(O)OCC#CCOS(=O)(=O)O.[H-].[Li+]. The van der Waals surface area contributed by atoms with Crippen LogP contribution >= 0.6 is 0 Å². The van der Waals surface area contributed by atoms with Crippen LogP contribution in [0.15, 0.2) is 0 Å². The van der Waals surface area contributed by atoms with Gasteiger partial charge in [0.15, 0.2) is 0 Å². The molecule has 0 heterocycles. The minimum Gasteiger partial charge on any atom is -1.00 e. The van der Waals surface area contributed by atoms with Crippen LogP contribution in [0.25, 0.3) is 0 Å². The van der Waals surface area contributed by atoms with Gasteiger partial charge in [0.05, 0.1) is 0 Å². The van der Waals surface area contributed by atoms with Gasteiger partial charge >= 0.3 is 39.7 Å². The van der Waals surface area contributed by atoms with Crippen LogP contribution in [-0.4, -0.2) is 39.2 Å². The fourth-order valence-electron chi connectivity index (χ4n) is 0.310. The Hall–Kier alpha value is -0.103. The van der Waals surface area contributed by atoms with Gasteiger partial charge in [-0.25, -0.2) is 8.37 Å². The topological polar surface area (TPSA) is 127 Å². The molecule has 0 aliphatic carbocycles. The fraction of sp³-hybridized carbons (Fsp3) is 0.500. The molecule has 0 aliphatic rings. The molecule has 0 radical (unpaired) electrons. The van der Waals surface area contributed by atoms with E-state index in [9.17, 15) is 16.8 Å². The predicted octanol–water partition coefficient (Wildman–Crippen LogP) is -4.25. The van der Waals surface area contributed by atoms with Gasteiger partial charge in [0.1, 0.15) is 13.2 Å². The summed E-state index contributed by atoms with van der Waals surface area (Å²) in [6.07, 6.45) is 0. The molecule has 8 nitrogen and oxygen atoms in total. The second-order valence-corrected chi connectivity index (χ2v) is 3.92. The number of rotatable bonds is 4. The summed E-state index contributed by atoms with van der Waals surface area (Å²) in [5.41, 5.74) is 0. The van der Waals surface area contributed by atoms with Gasteiger partial charge in [-0.05, 0) is 0 Å². The molecule has 0 rings (SSSR count). The molecule has 0 aromatic carbocycles. The summed E-state index contributed by atoms with van der Waals surface area (Å²) in [7, 11) is -9.10. The fourth-order valence-corrected chi connectivity index (χ4v) is 0.726. The van der Waals surface area contributed by atoms with E-state index in [4.69, 9.17) is 9.11 Å². The van der Waals surface area contributed by atoms with E-state index in [2.05, 4.69) is 8.37 Å². The van der Waals surface area contributed by atoms with E-state index in [-0.39, 0.29) is 20.3 Å². The van der Waals surface area contributed by atoms with Crippen molar-refractivity contribution in [3.05, 3.63) is 0 Å². The van der Waals surface area contributed by atoms with E-state index in [1.807, 2.05) is 11.8 Å². The van der Waals surface area contributed by atoms with Gasteiger partial charge in [0.25, 0.3) is 0 Å². The van der Waals surface area contributed by atoms with Crippen LogP contribution in [-0.2, 0) is 29.2 Å². The minimum absolute atomic E-state index is 0. The summed E-state index contributed by atoms with van der Waals surface area (Å²) < 4.78 is 63.2. The quantitative estimate of drug-likeness (QED) is 0.293. The molecule has 11 heteroatoms. The zero-order valence-corrected chi connectivity index (χ0v) is 9.21. The van der Waals surface area contributed by atoms with Crippen molar-refractivity contribution in [2.24, 2.45) is 0 Å². The Morgan fingerprint density at radius 2 is 1.20 bits per heavy atom. The van der Waals surface area contributed by atoms with Crippen molar-refractivity contribution < 1.29 is 54.6 Å². The summed E-state index contributed by atoms with van der Waals surface area (Å²) in [6, 6.07) is 0. The monoisotopic (exact) mass is 254 g/mol. The molecular formula is C4H7LiO8S2. The molecule has 0 aromatic rings. The van der Waals surface area contributed by atoms with Gasteiger partial charge in [-0.2, -0.15) is 16.8 Å². The van der Waals surface area contributed by atoms with Crippen LogP contribution in [0.4, 0.5) is 0 Å². The van der Waals surface area contributed by atoms with Crippen molar-refractivity contribution in [2.75, 3.05) is 13.2 Å². The Bertz CT molecular complexity index is 390. The van der Waals surface area contributed by atoms with E-state index >= 15 is 0 Å². The Morgan fingerprint density at radius 3 is 1.40 bits per heavy atom. The molecular weight excluding hydrogens is 247 g/mol. The van der Waals surface area contributed by atoms with E-state index in [1.165, 1.54) is 0 Å². The van der Waals surface area contributed by atoms with Crippen LogP contribution in [0.1, 0.15) is 1.43 Å². The molecule has 0 atom stereocenters. The van der Waals surface area contributed by atoms with Gasteiger partial charge in [-0.1, -0.05) is 11.8 Å². The van der Waals surface area contributed by atoms with Crippen molar-refractivity contribution in [1.29, 1.82) is 0 Å². The van der Waals surface area contributed by atoms with Crippen LogP contribution in [0.2, 0.25) is 0 Å². The first-order chi connectivity index (χ1) is 6.21. The predicted molar refractivity (Wildman–Crippen MR) is 43.9 cm³/mol. The first kappa shape index (κ1) is 17.3. The van der Waals surface area contributed by atoms with E-state index in [0.717, 1.165) is 0 Å². The van der Waals surface area contributed by atoms with Crippen molar-refractivity contribution in [1.82, 2.24) is 0 Å². The molecule has 0 fully saturated rings. The summed E-state index contributed by atoms with van der Waals surface area (Å²) in [5.74, 6) is 4.01. The molecule has 15 heavy (non-hydrogen) atoms. The van der Waals surface area contributed by atoms with Crippen molar-refractivity contribution in [3.8, 4) is 11.8 Å². The van der Waals surface area contributed by atoms with Crippen LogP contribution < -0.4 is 18.9 Å². The summed E-state index contributed by atoms with van der Waals surface area (Å²) in [4.78, 5) is 0. The summed E-state index contributed by atoms with van der Waals surface area (Å²) >= 11 is 0. The molecule has 84 valence electrons. The van der Waals surface area contributed by atoms with Gasteiger partial charge in [-0.3, -0.25) is 9.11 Å². The second-order valence-electron chi connectivity index (χ2n) is 1.73. The first-order valence-corrected chi connectivity index (χ1v) is 5.63. The van der Waals surface area contributed by atoms with E-state index < -0.39 is 34.0 Å². The smallest absolute Gasteiger partial charge is 1.00 e. The summed E-state index contributed by atoms with van der Waals surface area (Å²) in [5, 5.41) is 0. The number of hydrogen-bond donors (Lipinski definition) is 2. The zero-order valence-electron chi connectivity index (χ0n) is 8.57. The Kier molecular flexibility index (Phi) is 8.32. The van der Waals surface area contributed by atoms with Crippen molar-refractivity contribution in [3.63, 3.8) is 0 Å². The maximum Gasteiger partial charge on any atom is 1.00 e.